The summed E-state index contributed by atoms with van der Waals surface area (Å²) in [5, 5.41) is 13.1. The van der Waals surface area contributed by atoms with Crippen molar-refractivity contribution in [3.63, 3.8) is 0 Å². The number of carbonyl (C=O) groups excluding carboxylic acids is 1. The Morgan fingerprint density at radius 2 is 1.86 bits per heavy atom. The molecule has 0 aliphatic rings. The normalized spacial score (nSPS) is 11.0. The maximum absolute atomic E-state index is 12.3. The number of halogens is 3. The third-order valence-corrected chi connectivity index (χ3v) is 4.29. The minimum Gasteiger partial charge on any atom is -0.410 e. The molecule has 29 heavy (non-hydrogen) atoms. The first-order valence-corrected chi connectivity index (χ1v) is 8.56. The minimum absolute atomic E-state index is 0.0851. The minimum atomic E-state index is -4.80. The number of alkyl halides is 3. The van der Waals surface area contributed by atoms with Crippen LogP contribution in [0.25, 0.3) is 10.4 Å². The summed E-state index contributed by atoms with van der Waals surface area (Å²) in [5.74, 6) is -0.294. The van der Waals surface area contributed by atoms with E-state index < -0.39 is 17.4 Å². The number of carbonyl (C=O) groups is 1. The lowest BCUT2D eigenvalue weighted by molar-refractivity contribution is -0.384. The lowest BCUT2D eigenvalue weighted by atomic mass is 10.2. The van der Waals surface area contributed by atoms with Crippen LogP contribution in [0.1, 0.15) is 0 Å². The van der Waals surface area contributed by atoms with Gasteiger partial charge in [0, 0.05) is 18.3 Å². The molecule has 0 fully saturated rings. The van der Waals surface area contributed by atoms with Gasteiger partial charge in [-0.3, -0.25) is 15.4 Å². The summed E-state index contributed by atoms with van der Waals surface area (Å²) in [7, 11) is 0. The molecule has 12 heteroatoms. The first-order valence-electron chi connectivity index (χ1n) is 7.75. The molecule has 3 aromatic rings. The van der Waals surface area contributed by atoms with Gasteiger partial charge >= 0.3 is 12.5 Å². The van der Waals surface area contributed by atoms with Crippen molar-refractivity contribution in [3.8, 4) is 21.9 Å². The summed E-state index contributed by atoms with van der Waals surface area (Å²) in [6.07, 6.45) is -4.31. The van der Waals surface area contributed by atoms with Crippen molar-refractivity contribution in [3.05, 3.63) is 64.8 Å². The number of rotatable bonds is 5. The summed E-state index contributed by atoms with van der Waals surface area (Å²) in [6.45, 7) is 0. The molecular weight excluding hydrogens is 415 g/mol. The van der Waals surface area contributed by atoms with Gasteiger partial charge < -0.3 is 9.47 Å². The Morgan fingerprint density at radius 3 is 2.52 bits per heavy atom. The second-order valence-electron chi connectivity index (χ2n) is 5.37. The van der Waals surface area contributed by atoms with E-state index in [0.717, 1.165) is 11.3 Å². The number of thiazole rings is 1. The zero-order valence-corrected chi connectivity index (χ0v) is 15.0. The van der Waals surface area contributed by atoms with Crippen LogP contribution in [0, 0.1) is 10.1 Å². The summed E-state index contributed by atoms with van der Waals surface area (Å²) in [5.41, 5.74) is 0.264. The Balaban J connectivity index is 1.65. The highest BCUT2D eigenvalue weighted by Crippen LogP contribution is 2.32. The fourth-order valence-corrected chi connectivity index (χ4v) is 2.97. The van der Waals surface area contributed by atoms with Crippen LogP contribution in [0.15, 0.2) is 54.7 Å². The predicted molar refractivity (Wildman–Crippen MR) is 97.0 cm³/mol. The van der Waals surface area contributed by atoms with Crippen molar-refractivity contribution < 1.29 is 32.4 Å². The number of nitrogens with one attached hydrogen (secondary N) is 1. The number of nitrogens with zero attached hydrogens (tertiary/aromatic N) is 2. The van der Waals surface area contributed by atoms with Crippen molar-refractivity contribution in [1.82, 2.24) is 4.98 Å². The van der Waals surface area contributed by atoms with Gasteiger partial charge in [-0.25, -0.2) is 9.78 Å². The van der Waals surface area contributed by atoms with Crippen LogP contribution in [0.2, 0.25) is 0 Å². The lowest BCUT2D eigenvalue weighted by Gasteiger charge is -2.09. The maximum Gasteiger partial charge on any atom is 0.573 e. The average Bonchev–Trinajstić information content (AvgIpc) is 3.09. The van der Waals surface area contributed by atoms with Gasteiger partial charge in [0.25, 0.3) is 5.69 Å². The quantitative estimate of drug-likeness (QED) is 0.444. The van der Waals surface area contributed by atoms with Crippen LogP contribution in [0.4, 0.5) is 28.8 Å². The van der Waals surface area contributed by atoms with E-state index in [4.69, 9.17) is 4.74 Å². The van der Waals surface area contributed by atoms with Crippen LogP contribution in [0.5, 0.6) is 11.5 Å². The molecule has 1 amide bonds. The van der Waals surface area contributed by atoms with Gasteiger partial charge in [-0.1, -0.05) is 23.5 Å². The Bertz CT molecular complexity index is 1040. The van der Waals surface area contributed by atoms with Crippen molar-refractivity contribution in [2.45, 2.75) is 6.36 Å². The van der Waals surface area contributed by atoms with E-state index in [1.807, 2.05) is 0 Å². The van der Waals surface area contributed by atoms with Crippen LogP contribution < -0.4 is 14.8 Å². The van der Waals surface area contributed by atoms with Crippen molar-refractivity contribution >= 4 is 28.2 Å². The Morgan fingerprint density at radius 1 is 1.14 bits per heavy atom. The molecule has 0 unspecified atom stereocenters. The van der Waals surface area contributed by atoms with E-state index in [9.17, 15) is 28.1 Å². The second kappa shape index (κ2) is 8.14. The number of amides is 1. The fourth-order valence-electron chi connectivity index (χ4n) is 2.17. The molecule has 0 atom stereocenters. The van der Waals surface area contributed by atoms with Gasteiger partial charge in [0.2, 0.25) is 0 Å². The van der Waals surface area contributed by atoms with Crippen LogP contribution in [-0.2, 0) is 0 Å². The van der Waals surface area contributed by atoms with Crippen LogP contribution >= 0.6 is 11.3 Å². The standard InChI is InChI=1S/C17H10F3N3O5S/c18-17(19,20)28-13-3-1-2-10(8-13)14-9-21-15(29-14)22-16(24)27-12-6-4-11(5-7-12)23(25)26/h1-9H,(H,21,22,24). The van der Waals surface area contributed by atoms with Crippen molar-refractivity contribution in [2.75, 3.05) is 5.32 Å². The second-order valence-corrected chi connectivity index (χ2v) is 6.40. The van der Waals surface area contributed by atoms with Gasteiger partial charge in [0.05, 0.1) is 9.80 Å². The molecule has 0 aliphatic heterocycles. The Labute approximate surface area is 164 Å². The van der Waals surface area contributed by atoms with Gasteiger partial charge in [-0.2, -0.15) is 0 Å². The molecule has 0 saturated heterocycles. The third kappa shape index (κ3) is 5.65. The van der Waals surface area contributed by atoms with E-state index in [1.54, 1.807) is 6.07 Å². The molecule has 0 saturated carbocycles. The number of benzene rings is 2. The lowest BCUT2D eigenvalue weighted by Crippen LogP contribution is -2.17. The van der Waals surface area contributed by atoms with E-state index in [-0.39, 0.29) is 22.3 Å². The SMILES string of the molecule is O=C(Nc1ncc(-c2cccc(OC(F)(F)F)c2)s1)Oc1ccc([N+](=O)[O-])cc1. The van der Waals surface area contributed by atoms with Gasteiger partial charge in [0.1, 0.15) is 11.5 Å². The van der Waals surface area contributed by atoms with Crippen LogP contribution in [0.3, 0.4) is 0 Å². The third-order valence-electron chi connectivity index (χ3n) is 3.32. The van der Waals surface area contributed by atoms with Gasteiger partial charge in [-0.15, -0.1) is 13.2 Å². The van der Waals surface area contributed by atoms with E-state index >= 15 is 0 Å². The topological polar surface area (TPSA) is 104 Å². The number of nitro groups is 1. The molecule has 2 aromatic carbocycles. The zero-order chi connectivity index (χ0) is 21.0. The zero-order valence-electron chi connectivity index (χ0n) is 14.2. The summed E-state index contributed by atoms with van der Waals surface area (Å²) in [6, 6.07) is 10.2. The molecular formula is C17H10F3N3O5S. The largest absolute Gasteiger partial charge is 0.573 e. The molecule has 0 aliphatic carbocycles. The number of anilines is 1. The molecule has 0 radical (unpaired) electrons. The Hall–Kier alpha value is -3.67. The first kappa shape index (κ1) is 20.1. The number of non-ortho nitro benzene ring substituents is 1. The molecule has 1 N–H and O–H groups in total. The Kier molecular flexibility index (Phi) is 5.64. The van der Waals surface area contributed by atoms with Gasteiger partial charge in [-0.05, 0) is 29.8 Å². The number of nitro benzene ring substituents is 1. The van der Waals surface area contributed by atoms with E-state index in [2.05, 4.69) is 15.0 Å². The number of aromatic nitrogens is 1. The molecule has 8 nitrogen and oxygen atoms in total. The molecule has 150 valence electrons. The highest BCUT2D eigenvalue weighted by Gasteiger charge is 2.31. The van der Waals surface area contributed by atoms with E-state index in [0.29, 0.717) is 10.4 Å². The van der Waals surface area contributed by atoms with Crippen molar-refractivity contribution in [1.29, 1.82) is 0 Å². The smallest absolute Gasteiger partial charge is 0.410 e. The molecule has 0 bridgehead atoms. The summed E-state index contributed by atoms with van der Waals surface area (Å²) < 4.78 is 45.9. The molecule has 3 rings (SSSR count). The first-order chi connectivity index (χ1) is 13.7. The monoisotopic (exact) mass is 425 g/mol. The number of hydrogen-bond donors (Lipinski definition) is 1. The molecule has 0 spiro atoms. The van der Waals surface area contributed by atoms with E-state index in [1.165, 1.54) is 48.7 Å². The number of ether oxygens (including phenoxy) is 2. The van der Waals surface area contributed by atoms with Crippen LogP contribution in [-0.4, -0.2) is 22.4 Å². The van der Waals surface area contributed by atoms with Gasteiger partial charge in [0.15, 0.2) is 5.13 Å². The summed E-state index contributed by atoms with van der Waals surface area (Å²) in [4.78, 5) is 26.4. The van der Waals surface area contributed by atoms with Crippen molar-refractivity contribution in [2.24, 2.45) is 0 Å². The summed E-state index contributed by atoms with van der Waals surface area (Å²) >= 11 is 1.01. The average molecular weight is 425 g/mol. The molecule has 1 aromatic heterocycles. The highest BCUT2D eigenvalue weighted by molar-refractivity contribution is 7.19. The predicted octanol–water partition coefficient (Wildman–Crippen LogP) is 5.23. The number of hydrogen-bond acceptors (Lipinski definition) is 7. The highest BCUT2D eigenvalue weighted by atomic mass is 32.1. The fraction of sp³-hybridized carbons (Fsp3) is 0.0588. The maximum atomic E-state index is 12.3. The molecule has 1 heterocycles.